The molecule has 0 spiro atoms. The van der Waals surface area contributed by atoms with Gasteiger partial charge in [-0.05, 0) is 43.2 Å². The Morgan fingerprint density at radius 2 is 1.79 bits per heavy atom. The lowest BCUT2D eigenvalue weighted by atomic mass is 10.0. The first-order valence-corrected chi connectivity index (χ1v) is 16.9. The molecule has 6 rings (SSSR count). The van der Waals surface area contributed by atoms with Crippen LogP contribution in [0, 0.1) is 5.92 Å². The smallest absolute Gasteiger partial charge is 0.410 e. The maximum atomic E-state index is 14.2. The summed E-state index contributed by atoms with van der Waals surface area (Å²) in [6, 6.07) is 5.95. The van der Waals surface area contributed by atoms with E-state index in [1.54, 1.807) is 4.90 Å². The standard InChI is InChI=1S/C34H45N5O8/c35-31(42)34-19-24(34)10-4-2-1-3-5-11-27(36-32(43)46-25-13-16-45-17-14-25)30(41)39-21-26(18-28(39)29(40)37-34)47-33(44)38-15-12-22-8-6-7-9-23(22)20-38/h4,6-10,24-28H,1-3,5,11-21H2,(H2,35,42)(H,36,43)(H,37,40)/b10-4-/t24-,26-,27+,28+,34-/m1/s1. The second kappa shape index (κ2) is 14.3. The fraction of sp³-hybridized carbons (Fsp3) is 0.618. The highest BCUT2D eigenvalue weighted by molar-refractivity contribution is 5.97. The van der Waals surface area contributed by atoms with Crippen molar-refractivity contribution in [3.05, 3.63) is 47.5 Å². The van der Waals surface area contributed by atoms with E-state index in [0.717, 1.165) is 24.8 Å². The SMILES string of the molecule is NC(=O)[C@@]12C[C@H]1/C=C\CCCCC[C@H](NC(=O)OC1CCOCC1)C(=O)N1C[C@H](OC(=O)N3CCc4ccccc4C3)C[C@H]1C(=O)N2. The van der Waals surface area contributed by atoms with E-state index in [4.69, 9.17) is 19.9 Å². The van der Waals surface area contributed by atoms with Gasteiger partial charge in [0.2, 0.25) is 17.7 Å². The average Bonchev–Trinajstić information content (AvgIpc) is 3.60. The monoisotopic (exact) mass is 651 g/mol. The average molecular weight is 652 g/mol. The molecule has 5 atom stereocenters. The number of hydrogen-bond donors (Lipinski definition) is 3. The Kier molecular flexibility index (Phi) is 10.00. The molecule has 0 unspecified atom stereocenters. The minimum absolute atomic E-state index is 0.0345. The zero-order valence-electron chi connectivity index (χ0n) is 26.7. The molecule has 4 N–H and O–H groups in total. The van der Waals surface area contributed by atoms with E-state index in [1.165, 1.54) is 10.5 Å². The molecule has 0 bridgehead atoms. The topological polar surface area (TPSA) is 170 Å². The van der Waals surface area contributed by atoms with Gasteiger partial charge in [-0.15, -0.1) is 0 Å². The van der Waals surface area contributed by atoms with Crippen LogP contribution in [0.5, 0.6) is 0 Å². The summed E-state index contributed by atoms with van der Waals surface area (Å²) in [5.41, 5.74) is 6.79. The number of ether oxygens (including phenoxy) is 3. The van der Waals surface area contributed by atoms with Crippen molar-refractivity contribution in [3.8, 4) is 0 Å². The quantitative estimate of drug-likeness (QED) is 0.417. The molecule has 4 aliphatic heterocycles. The van der Waals surface area contributed by atoms with Gasteiger partial charge >= 0.3 is 12.2 Å². The predicted molar refractivity (Wildman–Crippen MR) is 169 cm³/mol. The molecular formula is C34H45N5O8. The van der Waals surface area contributed by atoms with Crippen LogP contribution in [0.1, 0.15) is 68.9 Å². The van der Waals surface area contributed by atoms with Gasteiger partial charge in [0.05, 0.1) is 19.8 Å². The molecule has 0 radical (unpaired) electrons. The third-order valence-corrected chi connectivity index (χ3v) is 10.1. The third-order valence-electron chi connectivity index (χ3n) is 10.1. The molecule has 0 aromatic heterocycles. The fourth-order valence-electron chi connectivity index (χ4n) is 7.18. The number of allylic oxidation sites excluding steroid dienone is 1. The molecule has 1 saturated carbocycles. The van der Waals surface area contributed by atoms with Crippen molar-refractivity contribution in [2.75, 3.05) is 26.3 Å². The molecule has 47 heavy (non-hydrogen) atoms. The van der Waals surface area contributed by atoms with Crippen LogP contribution in [0.3, 0.4) is 0 Å². The number of primary amides is 1. The van der Waals surface area contributed by atoms with Crippen molar-refractivity contribution in [3.63, 3.8) is 0 Å². The van der Waals surface area contributed by atoms with E-state index in [2.05, 4.69) is 10.6 Å². The van der Waals surface area contributed by atoms with E-state index in [9.17, 15) is 24.0 Å². The Bertz CT molecular complexity index is 1400. The van der Waals surface area contributed by atoms with Gasteiger partial charge in [-0.25, -0.2) is 9.59 Å². The van der Waals surface area contributed by atoms with Crippen LogP contribution in [0.15, 0.2) is 36.4 Å². The molecule has 13 nitrogen and oxygen atoms in total. The van der Waals surface area contributed by atoms with Crippen molar-refractivity contribution in [1.29, 1.82) is 0 Å². The summed E-state index contributed by atoms with van der Waals surface area (Å²) in [6.45, 7) is 1.86. The van der Waals surface area contributed by atoms with Gasteiger partial charge in [0.1, 0.15) is 29.8 Å². The number of rotatable bonds is 4. The van der Waals surface area contributed by atoms with Gasteiger partial charge in [0.15, 0.2) is 0 Å². The molecule has 1 aromatic carbocycles. The van der Waals surface area contributed by atoms with Crippen molar-refractivity contribution in [1.82, 2.24) is 20.4 Å². The summed E-state index contributed by atoms with van der Waals surface area (Å²) < 4.78 is 16.9. The molecular weight excluding hydrogens is 606 g/mol. The van der Waals surface area contributed by atoms with Crippen LogP contribution in [-0.2, 0) is 41.6 Å². The van der Waals surface area contributed by atoms with E-state index in [0.29, 0.717) is 64.8 Å². The van der Waals surface area contributed by atoms with Crippen molar-refractivity contribution in [2.45, 2.75) is 101 Å². The van der Waals surface area contributed by atoms with Crippen molar-refractivity contribution < 1.29 is 38.2 Å². The van der Waals surface area contributed by atoms with Crippen LogP contribution in [0.25, 0.3) is 0 Å². The Hall–Kier alpha value is -4.13. The zero-order chi connectivity index (χ0) is 33.0. The van der Waals surface area contributed by atoms with Crippen LogP contribution in [0.4, 0.5) is 9.59 Å². The number of nitrogens with one attached hydrogen (secondary N) is 2. The van der Waals surface area contributed by atoms with Gasteiger partial charge < -0.3 is 40.4 Å². The summed E-state index contributed by atoms with van der Waals surface area (Å²) in [4.78, 5) is 70.0. The Morgan fingerprint density at radius 1 is 1.00 bits per heavy atom. The van der Waals surface area contributed by atoms with Gasteiger partial charge in [-0.2, -0.15) is 0 Å². The molecule has 5 aliphatic rings. The molecule has 2 saturated heterocycles. The normalized spacial score (nSPS) is 30.7. The first-order chi connectivity index (χ1) is 22.7. The van der Waals surface area contributed by atoms with Crippen molar-refractivity contribution >= 4 is 29.9 Å². The highest BCUT2D eigenvalue weighted by Crippen LogP contribution is 2.45. The summed E-state index contributed by atoms with van der Waals surface area (Å²) in [5.74, 6) is -1.88. The maximum Gasteiger partial charge on any atom is 0.410 e. The van der Waals surface area contributed by atoms with Gasteiger partial charge in [0, 0.05) is 38.3 Å². The number of carbonyl (C=O) groups excluding carboxylic acids is 5. The molecule has 254 valence electrons. The van der Waals surface area contributed by atoms with Gasteiger partial charge in [-0.1, -0.05) is 49.3 Å². The second-order valence-corrected chi connectivity index (χ2v) is 13.3. The maximum absolute atomic E-state index is 14.2. The van der Waals surface area contributed by atoms with Gasteiger partial charge in [-0.3, -0.25) is 14.4 Å². The van der Waals surface area contributed by atoms with Crippen LogP contribution in [-0.4, -0.2) is 95.8 Å². The Labute approximate surface area is 274 Å². The van der Waals surface area contributed by atoms with Crippen LogP contribution in [0.2, 0.25) is 0 Å². The summed E-state index contributed by atoms with van der Waals surface area (Å²) in [7, 11) is 0. The predicted octanol–water partition coefficient (Wildman–Crippen LogP) is 2.31. The summed E-state index contributed by atoms with van der Waals surface area (Å²) in [6.07, 6.45) is 7.38. The first-order valence-electron chi connectivity index (χ1n) is 16.9. The molecule has 13 heteroatoms. The number of nitrogens with zero attached hydrogens (tertiary/aromatic N) is 2. The number of nitrogens with two attached hydrogens (primary N) is 1. The van der Waals surface area contributed by atoms with Crippen molar-refractivity contribution in [2.24, 2.45) is 11.7 Å². The lowest BCUT2D eigenvalue weighted by Crippen LogP contribution is -2.57. The van der Waals surface area contributed by atoms with E-state index in [-0.39, 0.29) is 25.0 Å². The van der Waals surface area contributed by atoms with Crippen LogP contribution < -0.4 is 16.4 Å². The second-order valence-electron chi connectivity index (χ2n) is 13.3. The van der Waals surface area contributed by atoms with E-state index >= 15 is 0 Å². The number of alkyl carbamates (subject to hydrolysis) is 1. The molecule has 1 aromatic rings. The van der Waals surface area contributed by atoms with E-state index in [1.807, 2.05) is 36.4 Å². The summed E-state index contributed by atoms with van der Waals surface area (Å²) >= 11 is 0. The lowest BCUT2D eigenvalue weighted by Gasteiger charge is -2.30. The van der Waals surface area contributed by atoms with Gasteiger partial charge in [0.25, 0.3) is 0 Å². The number of benzene rings is 1. The number of fused-ring (bicyclic) bond motifs is 3. The third kappa shape index (κ3) is 7.55. The number of hydrogen-bond acceptors (Lipinski definition) is 8. The molecule has 5 amide bonds. The van der Waals surface area contributed by atoms with Crippen LogP contribution >= 0.6 is 0 Å². The zero-order valence-corrected chi connectivity index (χ0v) is 26.7. The minimum Gasteiger partial charge on any atom is -0.446 e. The number of carbonyl (C=O) groups is 5. The molecule has 3 fully saturated rings. The summed E-state index contributed by atoms with van der Waals surface area (Å²) in [5, 5.41) is 5.62. The lowest BCUT2D eigenvalue weighted by molar-refractivity contribution is -0.141. The fourth-order valence-corrected chi connectivity index (χ4v) is 7.18. The highest BCUT2D eigenvalue weighted by Gasteiger charge is 2.60. The Balaban J connectivity index is 1.20. The highest BCUT2D eigenvalue weighted by atomic mass is 16.6. The van der Waals surface area contributed by atoms with E-state index < -0.39 is 53.6 Å². The number of amides is 5. The largest absolute Gasteiger partial charge is 0.446 e. The minimum atomic E-state index is -1.23. The molecule has 4 heterocycles. The Morgan fingerprint density at radius 3 is 2.57 bits per heavy atom. The first kappa shape index (κ1) is 32.8. The molecule has 1 aliphatic carbocycles.